The third-order valence-electron chi connectivity index (χ3n) is 6.20. The summed E-state index contributed by atoms with van der Waals surface area (Å²) in [5.74, 6) is 0.833. The van der Waals surface area contributed by atoms with E-state index >= 15 is 0 Å². The Morgan fingerprint density at radius 3 is 2.53 bits per heavy atom. The second-order valence-electron chi connectivity index (χ2n) is 8.77. The van der Waals surface area contributed by atoms with Crippen LogP contribution >= 0.6 is 23.4 Å². The molecule has 0 spiro atoms. The summed E-state index contributed by atoms with van der Waals surface area (Å²) in [5.41, 5.74) is 1.35. The number of nitrogens with zero attached hydrogens (tertiary/aromatic N) is 2. The lowest BCUT2D eigenvalue weighted by molar-refractivity contribution is -0.384. The van der Waals surface area contributed by atoms with Crippen LogP contribution in [0, 0.1) is 16.0 Å². The minimum Gasteiger partial charge on any atom is -0.490 e. The van der Waals surface area contributed by atoms with E-state index in [9.17, 15) is 19.7 Å². The summed E-state index contributed by atoms with van der Waals surface area (Å²) >= 11 is 7.46. The van der Waals surface area contributed by atoms with Gasteiger partial charge in [0, 0.05) is 18.7 Å². The van der Waals surface area contributed by atoms with Gasteiger partial charge >= 0.3 is 0 Å². The number of nitro benzene ring substituents is 1. The van der Waals surface area contributed by atoms with Crippen LogP contribution in [-0.4, -0.2) is 34.1 Å². The Kier molecular flexibility index (Phi) is 8.53. The lowest BCUT2D eigenvalue weighted by Gasteiger charge is -2.25. The molecule has 0 bridgehead atoms. The maximum absolute atomic E-state index is 13.0. The lowest BCUT2D eigenvalue weighted by Crippen LogP contribution is -2.34. The monoisotopic (exact) mass is 530 g/mol. The molecule has 8 nitrogen and oxygen atoms in total. The van der Waals surface area contributed by atoms with Crippen LogP contribution in [0.25, 0.3) is 6.08 Å². The molecule has 0 radical (unpaired) electrons. The van der Waals surface area contributed by atoms with Crippen molar-refractivity contribution in [2.24, 2.45) is 5.92 Å². The molecule has 2 aliphatic rings. The molecule has 4 rings (SSSR count). The van der Waals surface area contributed by atoms with Crippen molar-refractivity contribution in [2.45, 2.75) is 45.6 Å². The van der Waals surface area contributed by atoms with Crippen LogP contribution in [-0.2, 0) is 11.4 Å². The van der Waals surface area contributed by atoms with Gasteiger partial charge < -0.3 is 9.47 Å². The molecule has 0 aromatic heterocycles. The first-order valence-corrected chi connectivity index (χ1v) is 13.1. The summed E-state index contributed by atoms with van der Waals surface area (Å²) in [5, 5.41) is 10.9. The highest BCUT2D eigenvalue weighted by molar-refractivity contribution is 8.18. The summed E-state index contributed by atoms with van der Waals surface area (Å²) < 4.78 is 11.6. The van der Waals surface area contributed by atoms with Crippen molar-refractivity contribution in [3.63, 3.8) is 0 Å². The van der Waals surface area contributed by atoms with Crippen molar-refractivity contribution >= 4 is 46.3 Å². The van der Waals surface area contributed by atoms with Gasteiger partial charge in [0.05, 0.1) is 21.5 Å². The number of carbonyl (C=O) groups excluding carboxylic acids is 2. The number of nitro groups is 1. The number of thioether (sulfide) groups is 1. The predicted octanol–water partition coefficient (Wildman–Crippen LogP) is 6.84. The van der Waals surface area contributed by atoms with Gasteiger partial charge in [-0.1, -0.05) is 30.9 Å². The number of carbonyl (C=O) groups is 2. The summed E-state index contributed by atoms with van der Waals surface area (Å²) in [6.07, 6.45) is 7.27. The van der Waals surface area contributed by atoms with Crippen molar-refractivity contribution in [2.75, 3.05) is 13.2 Å². The zero-order valence-corrected chi connectivity index (χ0v) is 21.5. The van der Waals surface area contributed by atoms with E-state index in [-0.39, 0.29) is 28.5 Å². The number of hydrogen-bond donors (Lipinski definition) is 0. The average molecular weight is 531 g/mol. The largest absolute Gasteiger partial charge is 0.490 e. The number of imide groups is 1. The van der Waals surface area contributed by atoms with Gasteiger partial charge in [0.15, 0.2) is 11.5 Å². The molecule has 1 heterocycles. The molecule has 0 unspecified atom stereocenters. The van der Waals surface area contributed by atoms with Gasteiger partial charge in [0.2, 0.25) is 0 Å². The van der Waals surface area contributed by atoms with E-state index in [2.05, 4.69) is 0 Å². The van der Waals surface area contributed by atoms with E-state index in [0.29, 0.717) is 41.0 Å². The van der Waals surface area contributed by atoms with E-state index in [1.54, 1.807) is 30.3 Å². The maximum Gasteiger partial charge on any atom is 0.293 e. The van der Waals surface area contributed by atoms with Crippen LogP contribution in [0.15, 0.2) is 41.3 Å². The molecule has 2 fully saturated rings. The first-order chi connectivity index (χ1) is 17.4. The molecule has 0 atom stereocenters. The van der Waals surface area contributed by atoms with Crippen molar-refractivity contribution in [3.8, 4) is 11.5 Å². The number of ether oxygens (including phenoxy) is 2. The minimum absolute atomic E-state index is 0.000652. The van der Waals surface area contributed by atoms with Crippen LogP contribution in [0.1, 0.15) is 50.2 Å². The van der Waals surface area contributed by atoms with E-state index in [4.69, 9.17) is 21.1 Å². The number of non-ortho nitro benzene ring substituents is 1. The third-order valence-corrected chi connectivity index (χ3v) is 7.39. The summed E-state index contributed by atoms with van der Waals surface area (Å²) in [7, 11) is 0. The first-order valence-electron chi connectivity index (χ1n) is 11.9. The van der Waals surface area contributed by atoms with Gasteiger partial charge in [-0.2, -0.15) is 0 Å². The van der Waals surface area contributed by atoms with Gasteiger partial charge in [-0.25, -0.2) is 0 Å². The quantitative estimate of drug-likeness (QED) is 0.199. The molecule has 190 valence electrons. The smallest absolute Gasteiger partial charge is 0.293 e. The van der Waals surface area contributed by atoms with Crippen LogP contribution in [0.4, 0.5) is 10.5 Å². The maximum atomic E-state index is 13.0. The average Bonchev–Trinajstić information content (AvgIpc) is 3.12. The Bertz CT molecular complexity index is 1180. The second-order valence-corrected chi connectivity index (χ2v) is 10.2. The van der Waals surface area contributed by atoms with E-state index in [0.717, 1.165) is 43.0 Å². The molecule has 1 aliphatic heterocycles. The highest BCUT2D eigenvalue weighted by Gasteiger charge is 2.36. The van der Waals surface area contributed by atoms with Crippen molar-refractivity contribution in [3.05, 3.63) is 67.6 Å². The molecule has 0 N–H and O–H groups in total. The molecule has 10 heteroatoms. The standard InChI is InChI=1S/C26H27ClN2O6S/c1-2-34-22-13-19(12-21(27)24(22)35-16-18-8-10-20(11-9-18)29(32)33)14-23-25(30)28(26(31)36-23)15-17-6-4-3-5-7-17/h8-14,17H,2-7,15-16H2,1H3/b23-14+. The number of hydrogen-bond acceptors (Lipinski definition) is 7. The third kappa shape index (κ3) is 6.20. The van der Waals surface area contributed by atoms with Crippen molar-refractivity contribution < 1.29 is 24.0 Å². The highest BCUT2D eigenvalue weighted by Crippen LogP contribution is 2.40. The van der Waals surface area contributed by atoms with Gasteiger partial charge in [0.1, 0.15) is 6.61 Å². The minimum atomic E-state index is -0.460. The molecule has 1 aliphatic carbocycles. The summed E-state index contributed by atoms with van der Waals surface area (Å²) in [6.45, 7) is 2.81. The Morgan fingerprint density at radius 2 is 1.86 bits per heavy atom. The van der Waals surface area contributed by atoms with Crippen molar-refractivity contribution in [1.29, 1.82) is 0 Å². The molecular formula is C26H27ClN2O6S. The van der Waals surface area contributed by atoms with Crippen LogP contribution < -0.4 is 9.47 Å². The number of halogens is 1. The number of benzene rings is 2. The Morgan fingerprint density at radius 1 is 1.14 bits per heavy atom. The summed E-state index contributed by atoms with van der Waals surface area (Å²) in [6, 6.07) is 9.43. The van der Waals surface area contributed by atoms with Crippen LogP contribution in [0.3, 0.4) is 0 Å². The lowest BCUT2D eigenvalue weighted by atomic mass is 9.89. The molecule has 2 aromatic carbocycles. The Labute approximate surface area is 218 Å². The number of rotatable bonds is 9. The fourth-order valence-electron chi connectivity index (χ4n) is 4.38. The molecule has 2 amide bonds. The van der Waals surface area contributed by atoms with Crippen LogP contribution in [0.5, 0.6) is 11.5 Å². The molecule has 36 heavy (non-hydrogen) atoms. The second kappa shape index (κ2) is 11.8. The van der Waals surface area contributed by atoms with Gasteiger partial charge in [-0.15, -0.1) is 0 Å². The zero-order valence-electron chi connectivity index (χ0n) is 19.9. The fourth-order valence-corrected chi connectivity index (χ4v) is 5.50. The van der Waals surface area contributed by atoms with E-state index < -0.39 is 4.92 Å². The molecule has 1 saturated carbocycles. The molecule has 2 aromatic rings. The Hall–Kier alpha value is -3.04. The number of amides is 2. The normalized spacial score (nSPS) is 17.6. The Balaban J connectivity index is 1.50. The van der Waals surface area contributed by atoms with Gasteiger partial charge in [-0.3, -0.25) is 24.6 Å². The first kappa shape index (κ1) is 26.0. The van der Waals surface area contributed by atoms with Gasteiger partial charge in [0.25, 0.3) is 16.8 Å². The topological polar surface area (TPSA) is 99.0 Å². The van der Waals surface area contributed by atoms with Gasteiger partial charge in [-0.05, 0) is 78.9 Å². The van der Waals surface area contributed by atoms with Crippen LogP contribution in [0.2, 0.25) is 5.02 Å². The van der Waals surface area contributed by atoms with Crippen molar-refractivity contribution in [1.82, 2.24) is 4.90 Å². The predicted molar refractivity (Wildman–Crippen MR) is 139 cm³/mol. The summed E-state index contributed by atoms with van der Waals surface area (Å²) in [4.78, 5) is 37.6. The highest BCUT2D eigenvalue weighted by atomic mass is 35.5. The van der Waals surface area contributed by atoms with E-state index in [1.807, 2.05) is 6.92 Å². The van der Waals surface area contributed by atoms with E-state index in [1.165, 1.54) is 23.5 Å². The zero-order chi connectivity index (χ0) is 25.7. The molecular weight excluding hydrogens is 504 g/mol. The fraction of sp³-hybridized carbons (Fsp3) is 0.385. The molecule has 1 saturated heterocycles. The SMILES string of the molecule is CCOc1cc(/C=C2/SC(=O)N(CC3CCCCC3)C2=O)cc(Cl)c1OCc1ccc([N+](=O)[O-])cc1.